The van der Waals surface area contributed by atoms with E-state index in [1.165, 1.54) is 13.3 Å². The van der Waals surface area contributed by atoms with E-state index in [2.05, 4.69) is 21.2 Å². The van der Waals surface area contributed by atoms with Crippen LogP contribution in [0.25, 0.3) is 0 Å². The summed E-state index contributed by atoms with van der Waals surface area (Å²) in [5.74, 6) is -1.37. The molecule has 0 spiro atoms. The fraction of sp³-hybridized carbons (Fsp3) is 0.200. The van der Waals surface area contributed by atoms with E-state index >= 15 is 0 Å². The van der Waals surface area contributed by atoms with Crippen molar-refractivity contribution in [2.75, 3.05) is 19.0 Å². The minimum absolute atomic E-state index is 0.122. The predicted octanol–water partition coefficient (Wildman–Crippen LogP) is 1.52. The van der Waals surface area contributed by atoms with Crippen molar-refractivity contribution in [2.24, 2.45) is 5.10 Å². The van der Waals surface area contributed by atoms with Crippen LogP contribution in [0.5, 0.6) is 5.75 Å². The Morgan fingerprint density at radius 1 is 1.04 bits per heavy atom. The first-order valence-corrected chi connectivity index (χ1v) is 8.54. The van der Waals surface area contributed by atoms with Gasteiger partial charge in [0.2, 0.25) is 0 Å². The van der Waals surface area contributed by atoms with Crippen LogP contribution >= 0.6 is 0 Å². The summed E-state index contributed by atoms with van der Waals surface area (Å²) in [4.78, 5) is 34.3. The summed E-state index contributed by atoms with van der Waals surface area (Å²) in [5.41, 5.74) is 5.59. The Morgan fingerprint density at radius 2 is 1.75 bits per heavy atom. The zero-order valence-corrected chi connectivity index (χ0v) is 15.9. The number of nitrogens with one attached hydrogen (secondary N) is 3. The maximum absolute atomic E-state index is 12.1. The molecular weight excluding hydrogens is 360 g/mol. The van der Waals surface area contributed by atoms with E-state index in [-0.39, 0.29) is 12.5 Å². The molecule has 0 heterocycles. The molecule has 3 N–H and O–H groups in total. The monoisotopic (exact) mass is 382 g/mol. The number of likely N-dealkylation sites (N-methyl/N-ethyl adjacent to an activating group) is 1. The summed E-state index contributed by atoms with van der Waals surface area (Å²) in [6.07, 6.45) is 1.39. The highest BCUT2D eigenvalue weighted by Crippen LogP contribution is 2.16. The van der Waals surface area contributed by atoms with Gasteiger partial charge < -0.3 is 15.4 Å². The first-order chi connectivity index (χ1) is 13.4. The van der Waals surface area contributed by atoms with Gasteiger partial charge in [-0.2, -0.15) is 5.10 Å². The standard InChI is InChI=1S/C20H22N4O4/c1-13-4-5-14(2)17(10-13)23-18(25)12-28-16-8-6-15(7-9-16)11-22-24-20(27)19(26)21-3/h4-11H,12H2,1-3H3,(H,21,26)(H,23,25)(H,24,27)/b22-11-. The van der Waals surface area contributed by atoms with E-state index in [9.17, 15) is 14.4 Å². The number of amides is 3. The SMILES string of the molecule is CNC(=O)C(=O)N/N=C\c1ccc(OCC(=O)Nc2cc(C)ccc2C)cc1. The second-order valence-electron chi connectivity index (χ2n) is 6.00. The van der Waals surface area contributed by atoms with Gasteiger partial charge in [0.1, 0.15) is 5.75 Å². The average molecular weight is 382 g/mol. The molecule has 0 aliphatic carbocycles. The zero-order valence-electron chi connectivity index (χ0n) is 15.9. The normalized spacial score (nSPS) is 10.4. The van der Waals surface area contributed by atoms with Gasteiger partial charge in [-0.1, -0.05) is 12.1 Å². The van der Waals surface area contributed by atoms with Crippen LogP contribution < -0.4 is 20.8 Å². The molecule has 28 heavy (non-hydrogen) atoms. The summed E-state index contributed by atoms with van der Waals surface area (Å²) in [6.45, 7) is 3.76. The number of carbonyl (C=O) groups is 3. The molecule has 8 heteroatoms. The van der Waals surface area contributed by atoms with Crippen molar-refractivity contribution >= 4 is 29.6 Å². The maximum Gasteiger partial charge on any atom is 0.329 e. The molecule has 0 aromatic heterocycles. The molecule has 0 aliphatic heterocycles. The van der Waals surface area contributed by atoms with Gasteiger partial charge in [0, 0.05) is 12.7 Å². The van der Waals surface area contributed by atoms with Crippen molar-refractivity contribution in [1.82, 2.24) is 10.7 Å². The van der Waals surface area contributed by atoms with Crippen LogP contribution in [0.3, 0.4) is 0 Å². The molecule has 2 rings (SSSR count). The Hall–Kier alpha value is -3.68. The molecular formula is C20H22N4O4. The fourth-order valence-electron chi connectivity index (χ4n) is 2.19. The largest absolute Gasteiger partial charge is 0.484 e. The van der Waals surface area contributed by atoms with Gasteiger partial charge in [0.05, 0.1) is 6.21 Å². The zero-order chi connectivity index (χ0) is 20.5. The van der Waals surface area contributed by atoms with Crippen molar-refractivity contribution < 1.29 is 19.1 Å². The Bertz CT molecular complexity index is 892. The molecule has 0 aliphatic rings. The van der Waals surface area contributed by atoms with Crippen LogP contribution in [-0.2, 0) is 14.4 Å². The third-order valence-corrected chi connectivity index (χ3v) is 3.73. The smallest absolute Gasteiger partial charge is 0.329 e. The van der Waals surface area contributed by atoms with Crippen molar-refractivity contribution in [2.45, 2.75) is 13.8 Å². The highest BCUT2D eigenvalue weighted by atomic mass is 16.5. The van der Waals surface area contributed by atoms with Gasteiger partial charge in [-0.05, 0) is 60.9 Å². The third kappa shape index (κ3) is 6.24. The highest BCUT2D eigenvalue weighted by molar-refractivity contribution is 6.34. The Labute approximate surface area is 163 Å². The number of hydrazone groups is 1. The lowest BCUT2D eigenvalue weighted by Gasteiger charge is -2.10. The number of nitrogens with zero attached hydrogens (tertiary/aromatic N) is 1. The molecule has 0 saturated carbocycles. The molecule has 146 valence electrons. The van der Waals surface area contributed by atoms with E-state index in [0.29, 0.717) is 11.3 Å². The average Bonchev–Trinajstić information content (AvgIpc) is 2.69. The lowest BCUT2D eigenvalue weighted by Crippen LogP contribution is -2.35. The number of anilines is 1. The number of hydrogen-bond acceptors (Lipinski definition) is 5. The van der Waals surface area contributed by atoms with E-state index < -0.39 is 11.8 Å². The van der Waals surface area contributed by atoms with Crippen molar-refractivity contribution in [3.05, 3.63) is 59.2 Å². The number of rotatable bonds is 6. The minimum atomic E-state index is -0.853. The highest BCUT2D eigenvalue weighted by Gasteiger charge is 2.09. The molecule has 0 fully saturated rings. The fourth-order valence-corrected chi connectivity index (χ4v) is 2.19. The van der Waals surface area contributed by atoms with Crippen LogP contribution in [0.1, 0.15) is 16.7 Å². The molecule has 0 bridgehead atoms. The van der Waals surface area contributed by atoms with Gasteiger partial charge in [-0.15, -0.1) is 0 Å². The van der Waals surface area contributed by atoms with Gasteiger partial charge >= 0.3 is 11.8 Å². The van der Waals surface area contributed by atoms with Gasteiger partial charge in [-0.3, -0.25) is 14.4 Å². The second-order valence-corrected chi connectivity index (χ2v) is 6.00. The van der Waals surface area contributed by atoms with E-state index in [1.54, 1.807) is 24.3 Å². The number of benzene rings is 2. The van der Waals surface area contributed by atoms with Crippen LogP contribution in [0.2, 0.25) is 0 Å². The topological polar surface area (TPSA) is 109 Å². The van der Waals surface area contributed by atoms with Crippen LogP contribution in [0.4, 0.5) is 5.69 Å². The molecule has 2 aromatic rings. The third-order valence-electron chi connectivity index (χ3n) is 3.73. The van der Waals surface area contributed by atoms with E-state index in [4.69, 9.17) is 4.74 Å². The van der Waals surface area contributed by atoms with Gasteiger partial charge in [-0.25, -0.2) is 5.43 Å². The number of carbonyl (C=O) groups excluding carboxylic acids is 3. The van der Waals surface area contributed by atoms with Gasteiger partial charge in [0.25, 0.3) is 5.91 Å². The first-order valence-electron chi connectivity index (χ1n) is 8.54. The summed E-state index contributed by atoms with van der Waals surface area (Å²) in [6, 6.07) is 12.6. The van der Waals surface area contributed by atoms with Gasteiger partial charge in [0.15, 0.2) is 6.61 Å². The molecule has 0 saturated heterocycles. The lowest BCUT2D eigenvalue weighted by molar-refractivity contribution is -0.138. The first kappa shape index (κ1) is 20.6. The summed E-state index contributed by atoms with van der Waals surface area (Å²) in [7, 11) is 1.35. The van der Waals surface area contributed by atoms with Crippen molar-refractivity contribution in [3.63, 3.8) is 0 Å². The van der Waals surface area contributed by atoms with E-state index in [1.807, 2.05) is 32.0 Å². The summed E-state index contributed by atoms with van der Waals surface area (Å²) in [5, 5.41) is 8.70. The minimum Gasteiger partial charge on any atom is -0.484 e. The van der Waals surface area contributed by atoms with Crippen LogP contribution in [-0.4, -0.2) is 37.6 Å². The van der Waals surface area contributed by atoms with Crippen molar-refractivity contribution in [1.29, 1.82) is 0 Å². The molecule has 8 nitrogen and oxygen atoms in total. The quantitative estimate of drug-likeness (QED) is 0.400. The Morgan fingerprint density at radius 3 is 2.43 bits per heavy atom. The molecule has 0 atom stereocenters. The van der Waals surface area contributed by atoms with Crippen LogP contribution in [0, 0.1) is 13.8 Å². The Balaban J connectivity index is 1.83. The molecule has 0 radical (unpaired) electrons. The summed E-state index contributed by atoms with van der Waals surface area (Å²) >= 11 is 0. The molecule has 2 aromatic carbocycles. The van der Waals surface area contributed by atoms with Crippen molar-refractivity contribution in [3.8, 4) is 5.75 Å². The van der Waals surface area contributed by atoms with E-state index in [0.717, 1.165) is 16.8 Å². The summed E-state index contributed by atoms with van der Waals surface area (Å²) < 4.78 is 5.47. The molecule has 0 unspecified atom stereocenters. The second kappa shape index (κ2) is 9.86. The number of hydrogen-bond donors (Lipinski definition) is 3. The molecule has 3 amide bonds. The number of aryl methyl sites for hydroxylation is 2. The number of ether oxygens (including phenoxy) is 1. The van der Waals surface area contributed by atoms with Crippen LogP contribution in [0.15, 0.2) is 47.6 Å². The Kier molecular flexibility index (Phi) is 7.27. The maximum atomic E-state index is 12.1. The lowest BCUT2D eigenvalue weighted by atomic mass is 10.1. The predicted molar refractivity (Wildman–Crippen MR) is 106 cm³/mol.